The highest BCUT2D eigenvalue weighted by Gasteiger charge is 2.04. The van der Waals surface area contributed by atoms with Crippen molar-refractivity contribution < 1.29 is 9.18 Å². The molecule has 0 saturated heterocycles. The van der Waals surface area contributed by atoms with Gasteiger partial charge in [-0.1, -0.05) is 18.2 Å². The maximum atomic E-state index is 13.1. The van der Waals surface area contributed by atoms with E-state index < -0.39 is 5.83 Å². The second-order valence-electron chi connectivity index (χ2n) is 2.74. The number of Topliss-reactive ketones (excluding diaryl/α,β-unsaturated/α-hetero) is 1. The largest absolute Gasteiger partial charge is 0.294 e. The molecule has 0 aliphatic rings. The lowest BCUT2D eigenvalue weighted by Gasteiger charge is -1.96. The highest BCUT2D eigenvalue weighted by atomic mass is 19.1. The number of allylic oxidation sites excluding steroid dienone is 5. The fourth-order valence-electron chi connectivity index (χ4n) is 0.741. The number of carbonyl (C=O) groups is 1. The van der Waals surface area contributed by atoms with Gasteiger partial charge in [0, 0.05) is 0 Å². The molecule has 0 aliphatic carbocycles. The number of ketones is 1. The van der Waals surface area contributed by atoms with Crippen molar-refractivity contribution in [3.63, 3.8) is 0 Å². The van der Waals surface area contributed by atoms with Crippen LogP contribution < -0.4 is 0 Å². The Bertz CT molecular complexity index is 255. The Morgan fingerprint density at radius 2 is 1.83 bits per heavy atom. The molecule has 0 N–H and O–H groups in total. The quantitative estimate of drug-likeness (QED) is 0.467. The Balaban J connectivity index is 4.98. The van der Waals surface area contributed by atoms with Crippen LogP contribution in [0.2, 0.25) is 0 Å². The highest BCUT2D eigenvalue weighted by molar-refractivity contribution is 5.96. The number of carbonyl (C=O) groups excluding carboxylic acids is 1. The standard InChI is InChI=1S/C10H13FO/c1-5-9(8(4)12)10(11)6-7(2)3/h5-6H,1H2,2-4H3/b10-9-. The minimum Gasteiger partial charge on any atom is -0.294 e. The molecule has 12 heavy (non-hydrogen) atoms. The second kappa shape index (κ2) is 4.65. The number of hydrogen-bond acceptors (Lipinski definition) is 1. The molecule has 0 aromatic carbocycles. The summed E-state index contributed by atoms with van der Waals surface area (Å²) in [6.07, 6.45) is 2.55. The van der Waals surface area contributed by atoms with Crippen LogP contribution >= 0.6 is 0 Å². The van der Waals surface area contributed by atoms with Gasteiger partial charge in [-0.2, -0.15) is 0 Å². The second-order valence-corrected chi connectivity index (χ2v) is 2.74. The first kappa shape index (κ1) is 10.8. The summed E-state index contributed by atoms with van der Waals surface area (Å²) >= 11 is 0. The molecule has 0 radical (unpaired) electrons. The summed E-state index contributed by atoms with van der Waals surface area (Å²) in [5.41, 5.74) is 0.851. The Morgan fingerprint density at radius 3 is 2.08 bits per heavy atom. The van der Waals surface area contributed by atoms with Crippen LogP contribution in [-0.2, 0) is 4.79 Å². The minimum atomic E-state index is -0.516. The van der Waals surface area contributed by atoms with Crippen molar-refractivity contribution >= 4 is 5.78 Å². The van der Waals surface area contributed by atoms with Crippen LogP contribution in [0.3, 0.4) is 0 Å². The third kappa shape index (κ3) is 3.28. The molecule has 0 atom stereocenters. The van der Waals surface area contributed by atoms with Crippen LogP contribution in [0.5, 0.6) is 0 Å². The van der Waals surface area contributed by atoms with Crippen molar-refractivity contribution in [2.45, 2.75) is 20.8 Å². The van der Waals surface area contributed by atoms with Gasteiger partial charge in [-0.15, -0.1) is 0 Å². The topological polar surface area (TPSA) is 17.1 Å². The highest BCUT2D eigenvalue weighted by Crippen LogP contribution is 2.12. The molecule has 0 saturated carbocycles. The van der Waals surface area contributed by atoms with Crippen LogP contribution in [0, 0.1) is 0 Å². The Hall–Kier alpha value is -1.18. The van der Waals surface area contributed by atoms with Gasteiger partial charge in [0.1, 0.15) is 5.83 Å². The molecule has 1 nitrogen and oxygen atoms in total. The molecule has 0 aromatic rings. The van der Waals surface area contributed by atoms with Gasteiger partial charge in [-0.05, 0) is 26.8 Å². The molecule has 0 rings (SSSR count). The van der Waals surface area contributed by atoms with Gasteiger partial charge in [0.15, 0.2) is 5.78 Å². The smallest absolute Gasteiger partial charge is 0.162 e. The first-order valence-corrected chi connectivity index (χ1v) is 3.67. The first-order chi connectivity index (χ1) is 5.49. The molecular weight excluding hydrogens is 155 g/mol. The number of halogens is 1. The van der Waals surface area contributed by atoms with Gasteiger partial charge in [-0.25, -0.2) is 4.39 Å². The van der Waals surface area contributed by atoms with Crippen LogP contribution in [-0.4, -0.2) is 5.78 Å². The average Bonchev–Trinajstić information content (AvgIpc) is 1.85. The van der Waals surface area contributed by atoms with E-state index in [0.717, 1.165) is 5.57 Å². The van der Waals surface area contributed by atoms with E-state index in [0.29, 0.717) is 0 Å². The van der Waals surface area contributed by atoms with Gasteiger partial charge in [0.05, 0.1) is 5.57 Å². The van der Waals surface area contributed by atoms with E-state index in [1.54, 1.807) is 13.8 Å². The zero-order chi connectivity index (χ0) is 9.72. The maximum Gasteiger partial charge on any atom is 0.162 e. The minimum absolute atomic E-state index is 0.0381. The SMILES string of the molecule is C=C/C(C(C)=O)=C(/F)C=C(C)C. The van der Waals surface area contributed by atoms with Crippen molar-refractivity contribution in [2.75, 3.05) is 0 Å². The molecule has 2 heteroatoms. The Kier molecular flexibility index (Phi) is 4.19. The van der Waals surface area contributed by atoms with Crippen LogP contribution in [0.4, 0.5) is 4.39 Å². The summed E-state index contributed by atoms with van der Waals surface area (Å²) in [6, 6.07) is 0. The molecule has 0 heterocycles. The molecule has 0 amide bonds. The van der Waals surface area contributed by atoms with Crippen LogP contribution in [0.1, 0.15) is 20.8 Å². The van der Waals surface area contributed by atoms with E-state index in [2.05, 4.69) is 6.58 Å². The average molecular weight is 168 g/mol. The number of hydrogen-bond donors (Lipinski definition) is 0. The van der Waals surface area contributed by atoms with Gasteiger partial charge < -0.3 is 0 Å². The fraction of sp³-hybridized carbons (Fsp3) is 0.300. The Labute approximate surface area is 72.3 Å². The lowest BCUT2D eigenvalue weighted by molar-refractivity contribution is -0.113. The van der Waals surface area contributed by atoms with Gasteiger partial charge in [-0.3, -0.25) is 4.79 Å². The van der Waals surface area contributed by atoms with E-state index in [4.69, 9.17) is 0 Å². The van der Waals surface area contributed by atoms with Crippen molar-refractivity contribution in [3.05, 3.63) is 35.7 Å². The van der Waals surface area contributed by atoms with Gasteiger partial charge in [0.25, 0.3) is 0 Å². The zero-order valence-electron chi connectivity index (χ0n) is 7.65. The summed E-state index contributed by atoms with van der Waals surface area (Å²) in [5, 5.41) is 0. The normalized spacial score (nSPS) is 11.7. The molecule has 0 bridgehead atoms. The molecule has 0 fully saturated rings. The van der Waals surface area contributed by atoms with E-state index in [9.17, 15) is 9.18 Å². The number of rotatable bonds is 3. The monoisotopic (exact) mass is 168 g/mol. The summed E-state index contributed by atoms with van der Waals surface area (Å²) in [5.74, 6) is -0.822. The predicted molar refractivity (Wildman–Crippen MR) is 48.4 cm³/mol. The van der Waals surface area contributed by atoms with Gasteiger partial charge >= 0.3 is 0 Å². The first-order valence-electron chi connectivity index (χ1n) is 3.67. The summed E-state index contributed by atoms with van der Waals surface area (Å²) < 4.78 is 13.1. The zero-order valence-corrected chi connectivity index (χ0v) is 7.65. The fourth-order valence-corrected chi connectivity index (χ4v) is 0.741. The third-order valence-electron chi connectivity index (χ3n) is 1.26. The van der Waals surface area contributed by atoms with Crippen molar-refractivity contribution in [1.29, 1.82) is 0 Å². The third-order valence-corrected chi connectivity index (χ3v) is 1.26. The molecule has 0 aromatic heterocycles. The summed E-state index contributed by atoms with van der Waals surface area (Å²) in [7, 11) is 0. The van der Waals surface area contributed by atoms with E-state index in [1.807, 2.05) is 0 Å². The van der Waals surface area contributed by atoms with Crippen molar-refractivity contribution in [2.24, 2.45) is 0 Å². The summed E-state index contributed by atoms with van der Waals surface area (Å²) in [6.45, 7) is 8.21. The van der Waals surface area contributed by atoms with Crippen LogP contribution in [0.15, 0.2) is 35.7 Å². The Morgan fingerprint density at radius 1 is 1.33 bits per heavy atom. The van der Waals surface area contributed by atoms with E-state index in [1.165, 1.54) is 19.1 Å². The molecule has 0 spiro atoms. The lowest BCUT2D eigenvalue weighted by atomic mass is 10.1. The lowest BCUT2D eigenvalue weighted by Crippen LogP contribution is -1.94. The molecule has 66 valence electrons. The van der Waals surface area contributed by atoms with E-state index >= 15 is 0 Å². The van der Waals surface area contributed by atoms with Gasteiger partial charge in [0.2, 0.25) is 0 Å². The molecular formula is C10H13FO. The summed E-state index contributed by atoms with van der Waals surface area (Å²) in [4.78, 5) is 10.8. The van der Waals surface area contributed by atoms with Crippen LogP contribution in [0.25, 0.3) is 0 Å². The molecule has 0 aliphatic heterocycles. The van der Waals surface area contributed by atoms with Crippen molar-refractivity contribution in [1.82, 2.24) is 0 Å². The molecule has 0 unspecified atom stereocenters. The van der Waals surface area contributed by atoms with Crippen molar-refractivity contribution in [3.8, 4) is 0 Å². The predicted octanol–water partition coefficient (Wildman–Crippen LogP) is 2.95. The van der Waals surface area contributed by atoms with E-state index in [-0.39, 0.29) is 11.4 Å². The maximum absolute atomic E-state index is 13.1.